The van der Waals surface area contributed by atoms with Crippen molar-refractivity contribution in [3.05, 3.63) is 35.4 Å². The van der Waals surface area contributed by atoms with Gasteiger partial charge in [-0.15, -0.1) is 0 Å². The second-order valence-electron chi connectivity index (χ2n) is 8.69. The molecule has 0 amide bonds. The molecule has 3 atom stereocenters. The number of rotatable bonds is 8. The van der Waals surface area contributed by atoms with Gasteiger partial charge in [0.25, 0.3) is 0 Å². The van der Waals surface area contributed by atoms with Crippen molar-refractivity contribution >= 4 is 5.96 Å². The Kier molecular flexibility index (Phi) is 7.09. The number of nitrogens with zero attached hydrogens (tertiary/aromatic N) is 2. The number of hydrogen-bond acceptors (Lipinski definition) is 3. The van der Waals surface area contributed by atoms with E-state index in [4.69, 9.17) is 14.5 Å². The summed E-state index contributed by atoms with van der Waals surface area (Å²) in [5, 5.41) is 3.53. The molecule has 2 fully saturated rings. The van der Waals surface area contributed by atoms with Gasteiger partial charge in [0.2, 0.25) is 0 Å². The summed E-state index contributed by atoms with van der Waals surface area (Å²) < 4.78 is 11.1. The first kappa shape index (κ1) is 20.7. The molecule has 5 heteroatoms. The van der Waals surface area contributed by atoms with Crippen molar-refractivity contribution in [2.24, 2.45) is 16.8 Å². The maximum Gasteiger partial charge on any atom is 0.193 e. The zero-order valence-corrected chi connectivity index (χ0v) is 18.1. The summed E-state index contributed by atoms with van der Waals surface area (Å²) in [5.41, 5.74) is 3.17. The van der Waals surface area contributed by atoms with Crippen molar-refractivity contribution in [2.75, 3.05) is 46.5 Å². The van der Waals surface area contributed by atoms with E-state index in [0.29, 0.717) is 6.10 Å². The molecule has 4 rings (SSSR count). The van der Waals surface area contributed by atoms with E-state index in [1.165, 1.54) is 12.8 Å². The van der Waals surface area contributed by atoms with Crippen molar-refractivity contribution in [3.63, 3.8) is 0 Å². The highest BCUT2D eigenvalue weighted by atomic mass is 16.5. The van der Waals surface area contributed by atoms with Gasteiger partial charge in [0.1, 0.15) is 0 Å². The maximum atomic E-state index is 6.01. The van der Waals surface area contributed by atoms with Crippen LogP contribution in [0.1, 0.15) is 49.7 Å². The van der Waals surface area contributed by atoms with Crippen LogP contribution in [0.25, 0.3) is 0 Å². The van der Waals surface area contributed by atoms with Crippen LogP contribution in [0.15, 0.2) is 29.3 Å². The lowest BCUT2D eigenvalue weighted by Crippen LogP contribution is -2.47. The van der Waals surface area contributed by atoms with Crippen LogP contribution in [0.2, 0.25) is 0 Å². The van der Waals surface area contributed by atoms with E-state index in [2.05, 4.69) is 41.4 Å². The van der Waals surface area contributed by atoms with Crippen LogP contribution in [0.5, 0.6) is 0 Å². The summed E-state index contributed by atoms with van der Waals surface area (Å²) in [6.07, 6.45) is 6.11. The molecule has 1 saturated carbocycles. The van der Waals surface area contributed by atoms with Crippen LogP contribution in [0.3, 0.4) is 0 Å². The zero-order valence-electron chi connectivity index (χ0n) is 18.1. The molecule has 0 bridgehead atoms. The van der Waals surface area contributed by atoms with Crippen molar-refractivity contribution in [1.29, 1.82) is 0 Å². The standard InChI is InChI=1S/C24H37N3O2/c1-3-25-24(27-13-11-19(12-14-27)29-16-6-15-28-2)26-17-22-21-10-9-18-7-4-5-8-20(18)23(21)22/h4-5,7-8,19,21-23H,3,6,9-17H2,1-2H3,(H,25,26). The first-order valence-electron chi connectivity index (χ1n) is 11.5. The smallest absolute Gasteiger partial charge is 0.193 e. The molecule has 1 aliphatic heterocycles. The Morgan fingerprint density at radius 3 is 2.79 bits per heavy atom. The number of piperidine rings is 1. The van der Waals surface area contributed by atoms with E-state index in [1.807, 2.05) is 0 Å². The highest BCUT2D eigenvalue weighted by Gasteiger charge is 2.52. The van der Waals surface area contributed by atoms with E-state index >= 15 is 0 Å². The highest BCUT2D eigenvalue weighted by molar-refractivity contribution is 5.80. The van der Waals surface area contributed by atoms with Gasteiger partial charge in [0.15, 0.2) is 5.96 Å². The summed E-state index contributed by atoms with van der Waals surface area (Å²) >= 11 is 0. The average Bonchev–Trinajstić information content (AvgIpc) is 3.48. The van der Waals surface area contributed by atoms with Crippen LogP contribution in [-0.2, 0) is 15.9 Å². The average molecular weight is 400 g/mol. The second-order valence-corrected chi connectivity index (χ2v) is 8.69. The summed E-state index contributed by atoms with van der Waals surface area (Å²) in [5.74, 6) is 3.43. The largest absolute Gasteiger partial charge is 0.385 e. The Balaban J connectivity index is 1.28. The topological polar surface area (TPSA) is 46.1 Å². The van der Waals surface area contributed by atoms with Gasteiger partial charge in [0, 0.05) is 46.5 Å². The number of aliphatic imine (C=N–C) groups is 1. The summed E-state index contributed by atoms with van der Waals surface area (Å²) in [6.45, 7) is 7.69. The molecular formula is C24H37N3O2. The van der Waals surface area contributed by atoms with E-state index in [9.17, 15) is 0 Å². The molecule has 3 unspecified atom stereocenters. The van der Waals surface area contributed by atoms with Gasteiger partial charge in [0.05, 0.1) is 6.10 Å². The maximum absolute atomic E-state index is 6.01. The van der Waals surface area contributed by atoms with Crippen LogP contribution >= 0.6 is 0 Å². The molecule has 2 aliphatic carbocycles. The van der Waals surface area contributed by atoms with Gasteiger partial charge in [-0.3, -0.25) is 4.99 Å². The number of methoxy groups -OCH3 is 1. The van der Waals surface area contributed by atoms with Gasteiger partial charge in [-0.25, -0.2) is 0 Å². The fraction of sp³-hybridized carbons (Fsp3) is 0.708. The minimum atomic E-state index is 0.383. The molecule has 1 aromatic carbocycles. The van der Waals surface area contributed by atoms with Gasteiger partial charge >= 0.3 is 0 Å². The highest BCUT2D eigenvalue weighted by Crippen LogP contribution is 2.59. The van der Waals surface area contributed by atoms with Crippen molar-refractivity contribution in [3.8, 4) is 0 Å². The predicted molar refractivity (Wildman–Crippen MR) is 118 cm³/mol. The molecular weight excluding hydrogens is 362 g/mol. The Bertz CT molecular complexity index is 684. The van der Waals surface area contributed by atoms with Crippen LogP contribution in [-0.4, -0.2) is 63.5 Å². The number of ether oxygens (including phenoxy) is 2. The van der Waals surface area contributed by atoms with Crippen LogP contribution in [0, 0.1) is 11.8 Å². The third-order valence-corrected chi connectivity index (χ3v) is 6.87. The predicted octanol–water partition coefficient (Wildman–Crippen LogP) is 3.45. The summed E-state index contributed by atoms with van der Waals surface area (Å²) in [4.78, 5) is 7.51. The number of guanidine groups is 1. The molecule has 29 heavy (non-hydrogen) atoms. The number of nitrogens with one attached hydrogen (secondary N) is 1. The third kappa shape index (κ3) is 4.95. The summed E-state index contributed by atoms with van der Waals surface area (Å²) in [7, 11) is 1.75. The normalized spacial score (nSPS) is 26.8. The van der Waals surface area contributed by atoms with E-state index < -0.39 is 0 Å². The van der Waals surface area contributed by atoms with Gasteiger partial charge in [-0.1, -0.05) is 24.3 Å². The summed E-state index contributed by atoms with van der Waals surface area (Å²) in [6, 6.07) is 9.04. The lowest BCUT2D eigenvalue weighted by atomic mass is 9.92. The number of hydrogen-bond donors (Lipinski definition) is 1. The monoisotopic (exact) mass is 399 g/mol. The molecule has 160 valence electrons. The van der Waals surface area contributed by atoms with Crippen molar-refractivity contribution < 1.29 is 9.47 Å². The van der Waals surface area contributed by atoms with E-state index in [0.717, 1.165) is 82.4 Å². The van der Waals surface area contributed by atoms with Gasteiger partial charge in [-0.05, 0) is 67.9 Å². The Morgan fingerprint density at radius 1 is 1.17 bits per heavy atom. The third-order valence-electron chi connectivity index (χ3n) is 6.87. The van der Waals surface area contributed by atoms with Crippen LogP contribution < -0.4 is 5.32 Å². The Morgan fingerprint density at radius 2 is 2.00 bits per heavy atom. The molecule has 3 aliphatic rings. The zero-order chi connectivity index (χ0) is 20.1. The van der Waals surface area contributed by atoms with Gasteiger partial charge in [-0.2, -0.15) is 0 Å². The number of likely N-dealkylation sites (tertiary alicyclic amines) is 1. The molecule has 0 spiro atoms. The minimum Gasteiger partial charge on any atom is -0.385 e. The molecule has 1 N–H and O–H groups in total. The second kappa shape index (κ2) is 9.94. The van der Waals surface area contributed by atoms with E-state index in [1.54, 1.807) is 18.2 Å². The lowest BCUT2D eigenvalue weighted by Gasteiger charge is -2.34. The molecule has 1 aromatic rings. The van der Waals surface area contributed by atoms with Gasteiger partial charge < -0.3 is 19.7 Å². The number of aryl methyl sites for hydroxylation is 1. The molecule has 1 saturated heterocycles. The molecule has 5 nitrogen and oxygen atoms in total. The number of benzene rings is 1. The first-order chi connectivity index (χ1) is 14.3. The molecule has 0 radical (unpaired) electrons. The Hall–Kier alpha value is -1.59. The van der Waals surface area contributed by atoms with Crippen molar-refractivity contribution in [1.82, 2.24) is 10.2 Å². The first-order valence-corrected chi connectivity index (χ1v) is 11.5. The Labute approximate surface area is 175 Å². The quantitative estimate of drug-likeness (QED) is 0.413. The SMILES string of the molecule is CCNC(=NCC1C2CCc3ccccc3C21)N1CCC(OCCCOC)CC1. The lowest BCUT2D eigenvalue weighted by molar-refractivity contribution is 0.00990. The molecule has 0 aromatic heterocycles. The molecule has 1 heterocycles. The number of fused-ring (bicyclic) bond motifs is 3. The fourth-order valence-corrected chi connectivity index (χ4v) is 5.26. The fourth-order valence-electron chi connectivity index (χ4n) is 5.26. The van der Waals surface area contributed by atoms with Crippen LogP contribution in [0.4, 0.5) is 0 Å². The minimum absolute atomic E-state index is 0.383. The van der Waals surface area contributed by atoms with E-state index in [-0.39, 0.29) is 0 Å². The van der Waals surface area contributed by atoms with Crippen molar-refractivity contribution in [2.45, 2.75) is 51.0 Å².